The van der Waals surface area contributed by atoms with Crippen molar-refractivity contribution >= 4 is 11.8 Å². The maximum Gasteiger partial charge on any atom is 0.269 e. The van der Waals surface area contributed by atoms with Gasteiger partial charge in [-0.3, -0.25) is 9.59 Å². The van der Waals surface area contributed by atoms with Crippen molar-refractivity contribution in [3.05, 3.63) is 131 Å². The zero-order valence-electron chi connectivity index (χ0n) is 24.4. The van der Waals surface area contributed by atoms with E-state index in [4.69, 9.17) is 9.47 Å². The van der Waals surface area contributed by atoms with Crippen LogP contribution in [0.2, 0.25) is 0 Å². The Labute approximate surface area is 255 Å². The number of hydrogen-bond acceptors (Lipinski definition) is 6. The van der Waals surface area contributed by atoms with Gasteiger partial charge in [-0.25, -0.2) is 0 Å². The van der Waals surface area contributed by atoms with E-state index in [1.165, 1.54) is 0 Å². The maximum absolute atomic E-state index is 14.8. The molecule has 4 aromatic carbocycles. The summed E-state index contributed by atoms with van der Waals surface area (Å²) in [5.41, 5.74) is -1.38. The molecule has 0 aromatic heterocycles. The van der Waals surface area contributed by atoms with E-state index in [1.54, 1.807) is 48.5 Å². The predicted octanol–water partition coefficient (Wildman–Crippen LogP) is 4.72. The fraction of sp³-hybridized carbons (Fsp3) is 0.278. The largest absolute Gasteiger partial charge is 0.472 e. The number of amides is 2. The van der Waals surface area contributed by atoms with Crippen LogP contribution in [-0.4, -0.2) is 33.2 Å². The summed E-state index contributed by atoms with van der Waals surface area (Å²) < 4.78 is 13.3. The van der Waals surface area contributed by atoms with Gasteiger partial charge in [-0.2, -0.15) is 0 Å². The third kappa shape index (κ3) is 3.91. The Morgan fingerprint density at radius 3 is 1.32 bits per heavy atom. The highest BCUT2D eigenvalue weighted by molar-refractivity contribution is 6.02. The first-order valence-corrected chi connectivity index (χ1v) is 14.9. The van der Waals surface area contributed by atoms with Crippen molar-refractivity contribution in [2.24, 2.45) is 11.8 Å². The Hall–Kier alpha value is -4.66. The number of benzene rings is 4. The normalized spacial score (nSPS) is 29.0. The average molecular weight is 591 g/mol. The van der Waals surface area contributed by atoms with Crippen LogP contribution in [0, 0.1) is 11.8 Å². The Morgan fingerprint density at radius 2 is 0.932 bits per heavy atom. The molecule has 3 aliphatic rings. The number of aliphatic hydroxyl groups excluding tert-OH is 2. The fourth-order valence-corrected chi connectivity index (χ4v) is 7.39. The van der Waals surface area contributed by atoms with Crippen molar-refractivity contribution in [1.29, 1.82) is 0 Å². The van der Waals surface area contributed by atoms with Gasteiger partial charge < -0.3 is 30.3 Å². The predicted molar refractivity (Wildman–Crippen MR) is 163 cm³/mol. The van der Waals surface area contributed by atoms with Gasteiger partial charge in [0.2, 0.25) is 11.2 Å². The highest BCUT2D eigenvalue weighted by Gasteiger charge is 2.88. The van der Waals surface area contributed by atoms with Gasteiger partial charge in [0.15, 0.2) is 0 Å². The Balaban J connectivity index is 1.40. The molecule has 4 aromatic rings. The van der Waals surface area contributed by atoms with Crippen LogP contribution in [-0.2, 0) is 9.59 Å². The molecule has 1 aliphatic carbocycles. The maximum atomic E-state index is 14.8. The first-order valence-electron chi connectivity index (χ1n) is 14.9. The number of aliphatic hydroxyl groups is 2. The summed E-state index contributed by atoms with van der Waals surface area (Å²) in [5, 5.41) is 30.0. The number of hydrogen-bond donors (Lipinski definition) is 4. The van der Waals surface area contributed by atoms with Crippen molar-refractivity contribution in [2.45, 2.75) is 49.3 Å². The van der Waals surface area contributed by atoms with E-state index in [2.05, 4.69) is 10.6 Å². The number of rotatable bonds is 6. The molecule has 0 spiro atoms. The molecule has 2 heterocycles. The topological polar surface area (TPSA) is 117 Å². The zero-order chi connectivity index (χ0) is 30.6. The third-order valence-corrected chi connectivity index (χ3v) is 9.54. The summed E-state index contributed by atoms with van der Waals surface area (Å²) in [5.74, 6) is -2.70. The average Bonchev–Trinajstić information content (AvgIpc) is 3.05. The molecular weight excluding hydrogens is 556 g/mol. The molecule has 8 heteroatoms. The molecular formula is C36H34N2O6. The van der Waals surface area contributed by atoms with Gasteiger partial charge >= 0.3 is 0 Å². The van der Waals surface area contributed by atoms with Crippen LogP contribution >= 0.6 is 0 Å². The molecule has 44 heavy (non-hydrogen) atoms. The van der Waals surface area contributed by atoms with Crippen molar-refractivity contribution < 1.29 is 29.3 Å². The first kappa shape index (κ1) is 28.1. The number of fused-ring (bicyclic) bond motifs is 6. The molecule has 0 unspecified atom stereocenters. The fourth-order valence-electron chi connectivity index (χ4n) is 7.39. The van der Waals surface area contributed by atoms with Gasteiger partial charge in [0.05, 0.1) is 36.1 Å². The number of carbonyl (C=O) groups excluding carboxylic acids is 2. The molecule has 1 fully saturated rings. The SMILES string of the molecule is C[C@@H](NC(=O)[C@@]12Oc3ccccc3[C@H](O)[C@@H]1[C@H]1[C@@H](O)c3ccccc3O[C@]12C(=O)N[C@H](C)c1ccccc1)c1ccccc1. The Kier molecular flexibility index (Phi) is 6.72. The lowest BCUT2D eigenvalue weighted by Crippen LogP contribution is -2.91. The third-order valence-electron chi connectivity index (χ3n) is 9.54. The molecule has 0 bridgehead atoms. The van der Waals surface area contributed by atoms with Gasteiger partial charge in [-0.1, -0.05) is 97.1 Å². The van der Waals surface area contributed by atoms with Gasteiger partial charge in [0.1, 0.15) is 11.5 Å². The lowest BCUT2D eigenvalue weighted by Gasteiger charge is -2.69. The number of ether oxygens (including phenoxy) is 2. The molecule has 2 amide bonds. The van der Waals surface area contributed by atoms with E-state index >= 15 is 0 Å². The number of nitrogens with one attached hydrogen (secondary N) is 2. The molecule has 0 radical (unpaired) electrons. The van der Waals surface area contributed by atoms with Crippen LogP contribution in [0.5, 0.6) is 11.5 Å². The minimum atomic E-state index is -2.02. The molecule has 4 N–H and O–H groups in total. The standard InChI is InChI=1S/C36H34N2O6/c1-21(23-13-5-3-6-14-23)37-33(41)35-29(31(39)25-17-9-11-19-27(25)43-35)30-32(40)26-18-10-12-20-28(26)44-36(30,35)34(42)38-22(2)24-15-7-4-8-16-24/h3-22,29-32,39-40H,1-2H3,(H,37,41)(H,38,42)/t21-,22-,29+,30+,31+,32+,35+,36+/m1/s1. The van der Waals surface area contributed by atoms with Crippen molar-refractivity contribution in [2.75, 3.05) is 0 Å². The molecule has 1 saturated carbocycles. The van der Waals surface area contributed by atoms with E-state index in [-0.39, 0.29) is 11.5 Å². The quantitative estimate of drug-likeness (QED) is 0.258. The van der Waals surface area contributed by atoms with Crippen LogP contribution in [0.15, 0.2) is 109 Å². The summed E-state index contributed by atoms with van der Waals surface area (Å²) in [6.45, 7) is 3.69. The molecule has 2 aliphatic heterocycles. The van der Waals surface area contributed by atoms with Gasteiger partial charge in [0.25, 0.3) is 11.8 Å². The van der Waals surface area contributed by atoms with Crippen molar-refractivity contribution in [1.82, 2.24) is 10.6 Å². The van der Waals surface area contributed by atoms with E-state index in [9.17, 15) is 19.8 Å². The monoisotopic (exact) mass is 590 g/mol. The van der Waals surface area contributed by atoms with Crippen LogP contribution < -0.4 is 20.1 Å². The molecule has 7 rings (SSSR count). The first-order chi connectivity index (χ1) is 21.3. The summed E-state index contributed by atoms with van der Waals surface area (Å²) in [4.78, 5) is 29.5. The lowest BCUT2D eigenvalue weighted by molar-refractivity contribution is -0.308. The smallest absolute Gasteiger partial charge is 0.269 e. The Morgan fingerprint density at radius 1 is 0.591 bits per heavy atom. The minimum Gasteiger partial charge on any atom is -0.472 e. The highest BCUT2D eigenvalue weighted by Crippen LogP contribution is 2.69. The van der Waals surface area contributed by atoms with E-state index < -0.39 is 59.1 Å². The van der Waals surface area contributed by atoms with Crippen LogP contribution in [0.4, 0.5) is 0 Å². The molecule has 8 atom stereocenters. The molecule has 0 saturated heterocycles. The molecule has 224 valence electrons. The van der Waals surface area contributed by atoms with Crippen LogP contribution in [0.3, 0.4) is 0 Å². The van der Waals surface area contributed by atoms with Gasteiger partial charge in [-0.05, 0) is 37.1 Å². The second-order valence-corrected chi connectivity index (χ2v) is 11.9. The summed E-state index contributed by atoms with van der Waals surface area (Å²) in [6.07, 6.45) is -2.45. The van der Waals surface area contributed by atoms with Crippen LogP contribution in [0.1, 0.15) is 60.4 Å². The van der Waals surface area contributed by atoms with Crippen molar-refractivity contribution in [3.63, 3.8) is 0 Å². The summed E-state index contributed by atoms with van der Waals surface area (Å²) in [7, 11) is 0. The second-order valence-electron chi connectivity index (χ2n) is 11.9. The van der Waals surface area contributed by atoms with Gasteiger partial charge in [0, 0.05) is 11.1 Å². The lowest BCUT2D eigenvalue weighted by atomic mass is 9.43. The second kappa shape index (κ2) is 10.5. The van der Waals surface area contributed by atoms with E-state index in [0.717, 1.165) is 11.1 Å². The Bertz CT molecular complexity index is 1590. The van der Waals surface area contributed by atoms with E-state index in [1.807, 2.05) is 74.5 Å². The summed E-state index contributed by atoms with van der Waals surface area (Å²) in [6, 6.07) is 31.8. The van der Waals surface area contributed by atoms with E-state index in [0.29, 0.717) is 11.1 Å². The van der Waals surface area contributed by atoms with Gasteiger partial charge in [-0.15, -0.1) is 0 Å². The molecule has 8 nitrogen and oxygen atoms in total. The number of para-hydroxylation sites is 2. The minimum absolute atomic E-state index is 0.275. The highest BCUT2D eigenvalue weighted by atomic mass is 16.6. The summed E-state index contributed by atoms with van der Waals surface area (Å²) >= 11 is 0. The number of carbonyl (C=O) groups is 2. The van der Waals surface area contributed by atoms with Crippen molar-refractivity contribution in [3.8, 4) is 11.5 Å². The zero-order valence-corrected chi connectivity index (χ0v) is 24.4. The van der Waals surface area contributed by atoms with Crippen LogP contribution in [0.25, 0.3) is 0 Å².